The van der Waals surface area contributed by atoms with E-state index in [0.717, 1.165) is 37.3 Å². The molecule has 1 amide bonds. The van der Waals surface area contributed by atoms with Gasteiger partial charge in [0.2, 0.25) is 0 Å². The zero-order valence-corrected chi connectivity index (χ0v) is 15.2. The lowest BCUT2D eigenvalue weighted by molar-refractivity contribution is 0.0906. The van der Waals surface area contributed by atoms with Crippen LogP contribution in [0.2, 0.25) is 0 Å². The van der Waals surface area contributed by atoms with Crippen molar-refractivity contribution in [2.24, 2.45) is 0 Å². The number of carbonyl (C=O) groups excluding carboxylic acids is 1. The summed E-state index contributed by atoms with van der Waals surface area (Å²) in [6, 6.07) is 10.3. The summed E-state index contributed by atoms with van der Waals surface area (Å²) >= 11 is 0. The first-order valence-electron chi connectivity index (χ1n) is 9.22. The van der Waals surface area contributed by atoms with Crippen molar-refractivity contribution >= 4 is 16.9 Å². The number of rotatable bonds is 5. The molecule has 1 aliphatic rings. The second-order valence-electron chi connectivity index (χ2n) is 6.96. The molecule has 1 N–H and O–H groups in total. The SMILES string of the molecule is Cc1ccc2c(=O)cc(C(=O)NC[C@H](c3ccco3)N3CCCC3)oc2c1. The van der Waals surface area contributed by atoms with Crippen molar-refractivity contribution in [2.75, 3.05) is 19.6 Å². The maximum absolute atomic E-state index is 12.6. The molecule has 1 aromatic carbocycles. The monoisotopic (exact) mass is 366 g/mol. The Bertz CT molecular complexity index is 1000. The fraction of sp³-hybridized carbons (Fsp3) is 0.333. The summed E-state index contributed by atoms with van der Waals surface area (Å²) in [5.41, 5.74) is 1.17. The molecule has 1 saturated heterocycles. The molecule has 0 unspecified atom stereocenters. The van der Waals surface area contributed by atoms with E-state index >= 15 is 0 Å². The van der Waals surface area contributed by atoms with Gasteiger partial charge in [-0.2, -0.15) is 0 Å². The third-order valence-corrected chi connectivity index (χ3v) is 5.02. The average molecular weight is 366 g/mol. The van der Waals surface area contributed by atoms with Gasteiger partial charge < -0.3 is 14.2 Å². The molecule has 1 aliphatic heterocycles. The molecule has 0 saturated carbocycles. The predicted molar refractivity (Wildman–Crippen MR) is 102 cm³/mol. The zero-order chi connectivity index (χ0) is 18.8. The molecule has 27 heavy (non-hydrogen) atoms. The van der Waals surface area contributed by atoms with Gasteiger partial charge in [0.05, 0.1) is 17.7 Å². The molecule has 1 atom stereocenters. The Labute approximate surface area is 156 Å². The quantitative estimate of drug-likeness (QED) is 0.750. The van der Waals surface area contributed by atoms with Crippen molar-refractivity contribution in [3.63, 3.8) is 0 Å². The molecule has 6 heteroatoms. The number of hydrogen-bond acceptors (Lipinski definition) is 5. The summed E-state index contributed by atoms with van der Waals surface area (Å²) in [4.78, 5) is 27.2. The number of furan rings is 1. The van der Waals surface area contributed by atoms with Gasteiger partial charge in [0, 0.05) is 12.6 Å². The second-order valence-corrected chi connectivity index (χ2v) is 6.96. The van der Waals surface area contributed by atoms with E-state index in [-0.39, 0.29) is 17.2 Å². The van der Waals surface area contributed by atoms with E-state index in [2.05, 4.69) is 10.2 Å². The number of benzene rings is 1. The Morgan fingerprint density at radius 3 is 2.78 bits per heavy atom. The minimum Gasteiger partial charge on any atom is -0.468 e. The van der Waals surface area contributed by atoms with Crippen LogP contribution in [0.1, 0.15) is 40.8 Å². The minimum atomic E-state index is -0.397. The van der Waals surface area contributed by atoms with Crippen LogP contribution in [0, 0.1) is 6.92 Å². The lowest BCUT2D eigenvalue weighted by Gasteiger charge is -2.25. The van der Waals surface area contributed by atoms with E-state index < -0.39 is 5.91 Å². The van der Waals surface area contributed by atoms with Crippen molar-refractivity contribution in [2.45, 2.75) is 25.8 Å². The Morgan fingerprint density at radius 1 is 1.22 bits per heavy atom. The molecule has 4 rings (SSSR count). The van der Waals surface area contributed by atoms with Crippen LogP contribution in [0.15, 0.2) is 56.3 Å². The molecule has 0 bridgehead atoms. The largest absolute Gasteiger partial charge is 0.468 e. The highest BCUT2D eigenvalue weighted by Crippen LogP contribution is 2.25. The molecule has 0 aliphatic carbocycles. The first kappa shape index (κ1) is 17.5. The van der Waals surface area contributed by atoms with Crippen LogP contribution < -0.4 is 10.7 Å². The lowest BCUT2D eigenvalue weighted by atomic mass is 10.1. The van der Waals surface area contributed by atoms with Crippen LogP contribution in [-0.2, 0) is 0 Å². The van der Waals surface area contributed by atoms with Crippen molar-refractivity contribution < 1.29 is 13.6 Å². The highest BCUT2D eigenvalue weighted by molar-refractivity contribution is 5.93. The first-order chi connectivity index (χ1) is 13.1. The van der Waals surface area contributed by atoms with Crippen LogP contribution in [0.25, 0.3) is 11.0 Å². The number of nitrogens with one attached hydrogen (secondary N) is 1. The third-order valence-electron chi connectivity index (χ3n) is 5.02. The topological polar surface area (TPSA) is 75.7 Å². The van der Waals surface area contributed by atoms with Gasteiger partial charge in [0.25, 0.3) is 5.91 Å². The molecule has 2 aromatic heterocycles. The fourth-order valence-electron chi connectivity index (χ4n) is 3.59. The highest BCUT2D eigenvalue weighted by atomic mass is 16.3. The van der Waals surface area contributed by atoms with E-state index in [1.807, 2.05) is 25.1 Å². The first-order valence-corrected chi connectivity index (χ1v) is 9.22. The number of likely N-dealkylation sites (tertiary alicyclic amines) is 1. The summed E-state index contributed by atoms with van der Waals surface area (Å²) in [5, 5.41) is 3.37. The molecular formula is C21H22N2O4. The number of carbonyl (C=O) groups is 1. The molecular weight excluding hydrogens is 344 g/mol. The van der Waals surface area contributed by atoms with E-state index in [1.54, 1.807) is 18.4 Å². The smallest absolute Gasteiger partial charge is 0.287 e. The van der Waals surface area contributed by atoms with Crippen LogP contribution in [0.4, 0.5) is 0 Å². The minimum absolute atomic E-state index is 0.0257. The number of nitrogens with zero attached hydrogens (tertiary/aromatic N) is 1. The molecule has 0 spiro atoms. The van der Waals surface area contributed by atoms with Crippen LogP contribution in [0.3, 0.4) is 0 Å². The van der Waals surface area contributed by atoms with Crippen molar-refractivity contribution in [1.82, 2.24) is 10.2 Å². The van der Waals surface area contributed by atoms with Crippen LogP contribution in [-0.4, -0.2) is 30.4 Å². The number of hydrogen-bond donors (Lipinski definition) is 1. The number of fused-ring (bicyclic) bond motifs is 1. The predicted octanol–water partition coefficient (Wildman–Crippen LogP) is 3.26. The Morgan fingerprint density at radius 2 is 2.04 bits per heavy atom. The normalized spacial score (nSPS) is 15.9. The van der Waals surface area contributed by atoms with Crippen molar-refractivity contribution in [1.29, 1.82) is 0 Å². The summed E-state index contributed by atoms with van der Waals surface area (Å²) < 4.78 is 11.3. The third kappa shape index (κ3) is 3.66. The number of aryl methyl sites for hydroxylation is 1. The summed E-state index contributed by atoms with van der Waals surface area (Å²) in [5.74, 6) is 0.455. The van der Waals surface area contributed by atoms with Gasteiger partial charge in [-0.3, -0.25) is 14.5 Å². The van der Waals surface area contributed by atoms with Gasteiger partial charge in [-0.15, -0.1) is 0 Å². The molecule has 6 nitrogen and oxygen atoms in total. The van der Waals surface area contributed by atoms with E-state index in [0.29, 0.717) is 17.5 Å². The van der Waals surface area contributed by atoms with Crippen molar-refractivity contribution in [3.05, 3.63) is 70.0 Å². The summed E-state index contributed by atoms with van der Waals surface area (Å²) in [6.45, 7) is 4.26. The Kier molecular flexibility index (Phi) is 4.81. The standard InChI is InChI=1S/C21H22N2O4/c1-14-6-7-15-17(24)12-20(27-19(15)11-14)21(25)22-13-16(18-5-4-10-26-18)23-8-2-3-9-23/h4-7,10-12,16H,2-3,8-9,13H2,1H3,(H,22,25)/t16-/m1/s1. The van der Waals surface area contributed by atoms with Gasteiger partial charge in [-0.05, 0) is 62.7 Å². The van der Waals surface area contributed by atoms with E-state index in [1.165, 1.54) is 6.07 Å². The lowest BCUT2D eigenvalue weighted by Crippen LogP contribution is -2.36. The summed E-state index contributed by atoms with van der Waals surface area (Å²) in [7, 11) is 0. The van der Waals surface area contributed by atoms with Gasteiger partial charge in [-0.1, -0.05) is 6.07 Å². The van der Waals surface area contributed by atoms with E-state index in [9.17, 15) is 9.59 Å². The maximum Gasteiger partial charge on any atom is 0.287 e. The van der Waals surface area contributed by atoms with Crippen LogP contribution >= 0.6 is 0 Å². The summed E-state index contributed by atoms with van der Waals surface area (Å²) in [6.07, 6.45) is 3.93. The van der Waals surface area contributed by atoms with Crippen LogP contribution in [0.5, 0.6) is 0 Å². The van der Waals surface area contributed by atoms with Gasteiger partial charge in [-0.25, -0.2) is 0 Å². The van der Waals surface area contributed by atoms with Crippen molar-refractivity contribution in [3.8, 4) is 0 Å². The fourth-order valence-corrected chi connectivity index (χ4v) is 3.59. The Balaban J connectivity index is 1.54. The van der Waals surface area contributed by atoms with Gasteiger partial charge >= 0.3 is 0 Å². The highest BCUT2D eigenvalue weighted by Gasteiger charge is 2.26. The molecule has 3 aromatic rings. The zero-order valence-electron chi connectivity index (χ0n) is 15.2. The second kappa shape index (κ2) is 7.40. The Hall–Kier alpha value is -2.86. The van der Waals surface area contributed by atoms with E-state index in [4.69, 9.17) is 8.83 Å². The average Bonchev–Trinajstić information content (AvgIpc) is 3.35. The molecule has 140 valence electrons. The molecule has 0 radical (unpaired) electrons. The van der Waals surface area contributed by atoms with Gasteiger partial charge in [0.15, 0.2) is 11.2 Å². The molecule has 3 heterocycles. The van der Waals surface area contributed by atoms with Gasteiger partial charge in [0.1, 0.15) is 11.3 Å². The maximum atomic E-state index is 12.6. The number of amides is 1. The molecule has 1 fully saturated rings.